The van der Waals surface area contributed by atoms with E-state index >= 15 is 0 Å². The van der Waals surface area contributed by atoms with E-state index in [-0.39, 0.29) is 28.6 Å². The first kappa shape index (κ1) is 20.3. The van der Waals surface area contributed by atoms with Gasteiger partial charge in [-0.25, -0.2) is 23.4 Å². The van der Waals surface area contributed by atoms with Gasteiger partial charge >= 0.3 is 6.61 Å². The van der Waals surface area contributed by atoms with Crippen LogP contribution in [-0.2, 0) is 6.54 Å². The molecule has 11 heteroatoms. The number of pyridine rings is 2. The van der Waals surface area contributed by atoms with Crippen LogP contribution in [-0.4, -0.2) is 38.0 Å². The predicted octanol–water partition coefficient (Wildman–Crippen LogP) is 5.20. The van der Waals surface area contributed by atoms with Crippen LogP contribution in [0.5, 0.6) is 11.8 Å². The summed E-state index contributed by atoms with van der Waals surface area (Å²) in [6.45, 7) is -2.33. The Kier molecular flexibility index (Phi) is 5.16. The van der Waals surface area contributed by atoms with Crippen LogP contribution in [0, 0.1) is 0 Å². The summed E-state index contributed by atoms with van der Waals surface area (Å²) < 4.78 is 66.1. The van der Waals surface area contributed by atoms with Gasteiger partial charge in [0.2, 0.25) is 11.8 Å². The summed E-state index contributed by atoms with van der Waals surface area (Å²) in [6, 6.07) is 6.46. The van der Waals surface area contributed by atoms with Gasteiger partial charge in [0.05, 0.1) is 17.9 Å². The smallest absolute Gasteiger partial charge is 0.388 e. The van der Waals surface area contributed by atoms with E-state index in [1.807, 2.05) is 0 Å². The van der Waals surface area contributed by atoms with E-state index in [2.05, 4.69) is 24.8 Å². The van der Waals surface area contributed by atoms with Gasteiger partial charge in [0.15, 0.2) is 0 Å². The molecule has 5 rings (SSSR count). The molecule has 4 aromatic rings. The molecular weight excluding hydrogens is 430 g/mol. The number of aryl methyl sites for hydroxylation is 1. The Labute approximate surface area is 179 Å². The standard InChI is InChI=1S/C21H17F4N5O2/c22-17(23)16-14(20-30(29-16)9-1-2-10-31-20)15-13(11-5-3-7-26-18(11)28-15)12-6-4-8-27-19(12)32-21(24)25/h3-8,17,21H,1-2,9-10H2,(H,26,28). The average molecular weight is 447 g/mol. The normalized spacial score (nSPS) is 13.9. The number of ether oxygens (including phenoxy) is 2. The third kappa shape index (κ3) is 3.43. The number of fused-ring (bicyclic) bond motifs is 2. The lowest BCUT2D eigenvalue weighted by Gasteiger charge is -2.12. The minimum absolute atomic E-state index is 0.0711. The molecule has 166 valence electrons. The van der Waals surface area contributed by atoms with E-state index in [9.17, 15) is 17.6 Å². The number of H-pyrrole nitrogens is 1. The molecule has 4 aromatic heterocycles. The van der Waals surface area contributed by atoms with Crippen molar-refractivity contribution in [1.82, 2.24) is 24.7 Å². The van der Waals surface area contributed by atoms with Crippen molar-refractivity contribution in [3.8, 4) is 34.1 Å². The Bertz CT molecular complexity index is 1270. The molecule has 7 nitrogen and oxygen atoms in total. The number of hydrogen-bond acceptors (Lipinski definition) is 5. The monoisotopic (exact) mass is 447 g/mol. The molecule has 0 aliphatic carbocycles. The van der Waals surface area contributed by atoms with Crippen LogP contribution in [0.15, 0.2) is 36.7 Å². The van der Waals surface area contributed by atoms with Crippen LogP contribution >= 0.6 is 0 Å². The summed E-state index contributed by atoms with van der Waals surface area (Å²) in [5.41, 5.74) is 0.775. The molecule has 0 aromatic carbocycles. The zero-order chi connectivity index (χ0) is 22.2. The molecule has 0 bridgehead atoms. The molecule has 0 saturated heterocycles. The second kappa shape index (κ2) is 8.13. The van der Waals surface area contributed by atoms with E-state index in [0.717, 1.165) is 12.8 Å². The third-order valence-corrected chi connectivity index (χ3v) is 5.20. The van der Waals surface area contributed by atoms with Crippen molar-refractivity contribution < 1.29 is 27.0 Å². The van der Waals surface area contributed by atoms with Gasteiger partial charge in [-0.05, 0) is 37.1 Å². The first-order valence-corrected chi connectivity index (χ1v) is 9.93. The molecule has 1 aliphatic heterocycles. The number of nitrogens with zero attached hydrogens (tertiary/aromatic N) is 4. The van der Waals surface area contributed by atoms with Gasteiger partial charge < -0.3 is 14.5 Å². The number of alkyl halides is 4. The molecule has 0 radical (unpaired) electrons. The molecule has 0 saturated carbocycles. The molecular formula is C21H17F4N5O2. The molecule has 1 N–H and O–H groups in total. The quantitative estimate of drug-likeness (QED) is 0.426. The number of aromatic nitrogens is 5. The van der Waals surface area contributed by atoms with Crippen LogP contribution in [0.4, 0.5) is 17.6 Å². The summed E-state index contributed by atoms with van der Waals surface area (Å²) in [4.78, 5) is 11.3. The van der Waals surface area contributed by atoms with Crippen molar-refractivity contribution in [3.63, 3.8) is 0 Å². The molecule has 32 heavy (non-hydrogen) atoms. The van der Waals surface area contributed by atoms with Crippen molar-refractivity contribution in [2.75, 3.05) is 6.61 Å². The highest BCUT2D eigenvalue weighted by Gasteiger charge is 2.32. The van der Waals surface area contributed by atoms with E-state index in [0.29, 0.717) is 29.7 Å². The fourth-order valence-electron chi connectivity index (χ4n) is 3.93. The summed E-state index contributed by atoms with van der Waals surface area (Å²) >= 11 is 0. The number of rotatable bonds is 5. The van der Waals surface area contributed by atoms with Crippen LogP contribution < -0.4 is 9.47 Å². The van der Waals surface area contributed by atoms with Gasteiger partial charge in [-0.1, -0.05) is 0 Å². The zero-order valence-corrected chi connectivity index (χ0v) is 16.6. The summed E-state index contributed by atoms with van der Waals surface area (Å²) in [7, 11) is 0. The van der Waals surface area contributed by atoms with E-state index in [4.69, 9.17) is 4.74 Å². The first-order valence-electron chi connectivity index (χ1n) is 9.93. The Balaban J connectivity index is 1.83. The molecule has 1 aliphatic rings. The lowest BCUT2D eigenvalue weighted by molar-refractivity contribution is -0.0524. The maximum Gasteiger partial charge on any atom is 0.388 e. The lowest BCUT2D eigenvalue weighted by Crippen LogP contribution is -2.05. The van der Waals surface area contributed by atoms with Gasteiger partial charge in [0.1, 0.15) is 11.3 Å². The lowest BCUT2D eigenvalue weighted by atomic mass is 9.99. The Morgan fingerprint density at radius 3 is 2.66 bits per heavy atom. The summed E-state index contributed by atoms with van der Waals surface area (Å²) in [6.07, 6.45) is 1.45. The summed E-state index contributed by atoms with van der Waals surface area (Å²) in [5.74, 6) is -0.128. The summed E-state index contributed by atoms with van der Waals surface area (Å²) in [5, 5.41) is 4.63. The van der Waals surface area contributed by atoms with Crippen LogP contribution in [0.2, 0.25) is 0 Å². The Morgan fingerprint density at radius 1 is 1.03 bits per heavy atom. The molecule has 0 fully saturated rings. The third-order valence-electron chi connectivity index (χ3n) is 5.20. The molecule has 0 unspecified atom stereocenters. The molecule has 0 atom stereocenters. The fraction of sp³-hybridized carbons (Fsp3) is 0.286. The highest BCUT2D eigenvalue weighted by Crippen LogP contribution is 2.47. The van der Waals surface area contributed by atoms with E-state index < -0.39 is 18.7 Å². The molecule has 0 spiro atoms. The SMILES string of the molecule is FC(F)Oc1ncccc1-c1c(-c2c(C(F)F)nn3c2OCCCC3)[nH]c2ncccc12. The fourth-order valence-corrected chi connectivity index (χ4v) is 3.93. The van der Waals surface area contributed by atoms with Gasteiger partial charge in [0, 0.05) is 35.5 Å². The number of aromatic amines is 1. The maximum absolute atomic E-state index is 14.0. The van der Waals surface area contributed by atoms with Crippen molar-refractivity contribution in [2.45, 2.75) is 32.4 Å². The minimum atomic E-state index is -3.11. The van der Waals surface area contributed by atoms with Crippen molar-refractivity contribution in [2.24, 2.45) is 0 Å². The molecule has 0 amide bonds. The number of hydrogen-bond donors (Lipinski definition) is 1. The second-order valence-corrected chi connectivity index (χ2v) is 7.15. The number of nitrogens with one attached hydrogen (secondary N) is 1. The average Bonchev–Trinajstić information content (AvgIpc) is 3.23. The van der Waals surface area contributed by atoms with Crippen molar-refractivity contribution in [1.29, 1.82) is 0 Å². The van der Waals surface area contributed by atoms with Crippen molar-refractivity contribution in [3.05, 3.63) is 42.4 Å². The first-order chi connectivity index (χ1) is 15.5. The van der Waals surface area contributed by atoms with Gasteiger partial charge in [-0.3, -0.25) is 0 Å². The van der Waals surface area contributed by atoms with Crippen LogP contribution in [0.3, 0.4) is 0 Å². The van der Waals surface area contributed by atoms with E-state index in [1.54, 1.807) is 18.2 Å². The topological polar surface area (TPSA) is 77.9 Å². The Hall–Kier alpha value is -3.63. The highest BCUT2D eigenvalue weighted by atomic mass is 19.3. The molecule has 5 heterocycles. The zero-order valence-electron chi connectivity index (χ0n) is 16.6. The Morgan fingerprint density at radius 2 is 1.84 bits per heavy atom. The highest BCUT2D eigenvalue weighted by molar-refractivity contribution is 6.04. The van der Waals surface area contributed by atoms with Crippen molar-refractivity contribution >= 4 is 11.0 Å². The van der Waals surface area contributed by atoms with Gasteiger partial charge in [0.25, 0.3) is 6.43 Å². The van der Waals surface area contributed by atoms with Gasteiger partial charge in [-0.2, -0.15) is 13.9 Å². The van der Waals surface area contributed by atoms with E-state index in [1.165, 1.54) is 23.1 Å². The largest absolute Gasteiger partial charge is 0.477 e. The minimum Gasteiger partial charge on any atom is -0.477 e. The van der Waals surface area contributed by atoms with Crippen LogP contribution in [0.1, 0.15) is 25.0 Å². The number of halogens is 4. The van der Waals surface area contributed by atoms with Crippen LogP contribution in [0.25, 0.3) is 33.4 Å². The maximum atomic E-state index is 14.0. The van der Waals surface area contributed by atoms with Gasteiger partial charge in [-0.15, -0.1) is 0 Å². The predicted molar refractivity (Wildman–Crippen MR) is 107 cm³/mol. The second-order valence-electron chi connectivity index (χ2n) is 7.15.